The summed E-state index contributed by atoms with van der Waals surface area (Å²) >= 11 is 5.78. The third-order valence-electron chi connectivity index (χ3n) is 3.74. The minimum Gasteiger partial charge on any atom is -0.345 e. The number of nitrogens with zero attached hydrogens (tertiary/aromatic N) is 2. The highest BCUT2D eigenvalue weighted by Gasteiger charge is 2.14. The molecular formula is C19H15ClFN3O. The van der Waals surface area contributed by atoms with Gasteiger partial charge in [0.2, 0.25) is 0 Å². The summed E-state index contributed by atoms with van der Waals surface area (Å²) < 4.78 is 13.2. The number of benzene rings is 2. The molecule has 1 atom stereocenters. The van der Waals surface area contributed by atoms with Crippen molar-refractivity contribution in [3.05, 3.63) is 82.9 Å². The third kappa shape index (κ3) is 4.00. The van der Waals surface area contributed by atoms with Crippen LogP contribution in [0.1, 0.15) is 28.9 Å². The maximum absolute atomic E-state index is 13.2. The lowest BCUT2D eigenvalue weighted by Crippen LogP contribution is -2.27. The smallest absolute Gasteiger partial charge is 0.254 e. The van der Waals surface area contributed by atoms with Gasteiger partial charge in [-0.1, -0.05) is 48.0 Å². The third-order valence-corrected chi connectivity index (χ3v) is 4.03. The lowest BCUT2D eigenvalue weighted by Gasteiger charge is -2.14. The molecule has 1 N–H and O–H groups in total. The zero-order chi connectivity index (χ0) is 17.8. The molecule has 6 heteroatoms. The van der Waals surface area contributed by atoms with E-state index >= 15 is 0 Å². The molecule has 0 fully saturated rings. The molecular weight excluding hydrogens is 341 g/mol. The van der Waals surface area contributed by atoms with E-state index in [1.807, 2.05) is 30.3 Å². The Morgan fingerprint density at radius 3 is 2.44 bits per heavy atom. The first-order valence-corrected chi connectivity index (χ1v) is 8.05. The summed E-state index contributed by atoms with van der Waals surface area (Å²) in [4.78, 5) is 20.8. The van der Waals surface area contributed by atoms with Gasteiger partial charge >= 0.3 is 0 Å². The van der Waals surface area contributed by atoms with Gasteiger partial charge in [0.15, 0.2) is 5.82 Å². The van der Waals surface area contributed by atoms with Gasteiger partial charge in [-0.3, -0.25) is 4.79 Å². The largest absolute Gasteiger partial charge is 0.345 e. The highest BCUT2D eigenvalue weighted by molar-refractivity contribution is 6.30. The number of amides is 1. The Hall–Kier alpha value is -2.79. The maximum Gasteiger partial charge on any atom is 0.254 e. The van der Waals surface area contributed by atoms with Crippen molar-refractivity contribution < 1.29 is 9.18 Å². The van der Waals surface area contributed by atoms with Gasteiger partial charge in [-0.2, -0.15) is 0 Å². The van der Waals surface area contributed by atoms with Gasteiger partial charge in [0.25, 0.3) is 5.91 Å². The molecule has 0 bridgehead atoms. The van der Waals surface area contributed by atoms with Crippen LogP contribution in [-0.2, 0) is 0 Å². The van der Waals surface area contributed by atoms with Crippen LogP contribution in [0, 0.1) is 5.82 Å². The number of aromatic nitrogens is 2. The van der Waals surface area contributed by atoms with E-state index in [2.05, 4.69) is 15.3 Å². The van der Waals surface area contributed by atoms with Gasteiger partial charge in [-0.05, 0) is 24.6 Å². The van der Waals surface area contributed by atoms with Crippen molar-refractivity contribution in [1.82, 2.24) is 15.3 Å². The van der Waals surface area contributed by atoms with Gasteiger partial charge in [0, 0.05) is 18.0 Å². The predicted octanol–water partition coefficient (Wildman–Crippen LogP) is 4.43. The molecule has 1 amide bonds. The molecule has 4 nitrogen and oxygen atoms in total. The number of rotatable bonds is 4. The fraction of sp³-hybridized carbons (Fsp3) is 0.105. The van der Waals surface area contributed by atoms with E-state index in [9.17, 15) is 9.18 Å². The van der Waals surface area contributed by atoms with Crippen LogP contribution in [0.25, 0.3) is 11.4 Å². The van der Waals surface area contributed by atoms with Crippen LogP contribution in [0.4, 0.5) is 4.39 Å². The van der Waals surface area contributed by atoms with Crippen LogP contribution in [-0.4, -0.2) is 15.9 Å². The van der Waals surface area contributed by atoms with Crippen molar-refractivity contribution in [3.8, 4) is 11.4 Å². The SMILES string of the molecule is CC(NC(=O)c1cnc(-c2ccccc2)nc1)c1ccc(F)c(Cl)c1. The molecule has 0 aliphatic carbocycles. The van der Waals surface area contributed by atoms with Crippen molar-refractivity contribution in [3.63, 3.8) is 0 Å². The maximum atomic E-state index is 13.2. The molecule has 1 unspecified atom stereocenters. The van der Waals surface area contributed by atoms with Crippen LogP contribution in [0.2, 0.25) is 5.02 Å². The van der Waals surface area contributed by atoms with E-state index in [4.69, 9.17) is 11.6 Å². The second-order valence-corrected chi connectivity index (χ2v) is 5.94. The van der Waals surface area contributed by atoms with Crippen LogP contribution in [0.3, 0.4) is 0 Å². The Bertz CT molecular complexity index is 885. The normalized spacial score (nSPS) is 11.8. The van der Waals surface area contributed by atoms with Gasteiger partial charge in [0.05, 0.1) is 16.6 Å². The van der Waals surface area contributed by atoms with E-state index in [0.717, 1.165) is 5.56 Å². The second-order valence-electron chi connectivity index (χ2n) is 5.53. The highest BCUT2D eigenvalue weighted by Crippen LogP contribution is 2.21. The fourth-order valence-electron chi connectivity index (χ4n) is 2.33. The molecule has 0 spiro atoms. The van der Waals surface area contributed by atoms with E-state index < -0.39 is 5.82 Å². The van der Waals surface area contributed by atoms with Gasteiger partial charge in [0.1, 0.15) is 5.82 Å². The Balaban J connectivity index is 1.71. The Labute approximate surface area is 149 Å². The van der Waals surface area contributed by atoms with Crippen molar-refractivity contribution in [1.29, 1.82) is 0 Å². The average molecular weight is 356 g/mol. The second kappa shape index (κ2) is 7.40. The first kappa shape index (κ1) is 17.0. The lowest BCUT2D eigenvalue weighted by molar-refractivity contribution is 0.0939. The molecule has 0 aliphatic rings. The number of carbonyl (C=O) groups excluding carboxylic acids is 1. The average Bonchev–Trinajstić information content (AvgIpc) is 2.64. The summed E-state index contributed by atoms with van der Waals surface area (Å²) in [5.74, 6) is -0.253. The zero-order valence-corrected chi connectivity index (χ0v) is 14.2. The number of carbonyl (C=O) groups is 1. The molecule has 3 aromatic rings. The Morgan fingerprint density at radius 1 is 1.12 bits per heavy atom. The summed E-state index contributed by atoms with van der Waals surface area (Å²) in [5, 5.41) is 2.84. The van der Waals surface area contributed by atoms with Gasteiger partial charge in [-0.25, -0.2) is 14.4 Å². The molecule has 0 saturated heterocycles. The van der Waals surface area contributed by atoms with Crippen LogP contribution < -0.4 is 5.32 Å². The Morgan fingerprint density at radius 2 is 1.80 bits per heavy atom. The monoisotopic (exact) mass is 355 g/mol. The molecule has 0 saturated carbocycles. The molecule has 1 aromatic heterocycles. The number of nitrogens with one attached hydrogen (secondary N) is 1. The quantitative estimate of drug-likeness (QED) is 0.753. The van der Waals surface area contributed by atoms with E-state index in [1.165, 1.54) is 24.5 Å². The molecule has 2 aromatic carbocycles. The first-order chi connectivity index (χ1) is 12.0. The molecule has 1 heterocycles. The van der Waals surface area contributed by atoms with E-state index in [0.29, 0.717) is 17.0 Å². The van der Waals surface area contributed by atoms with Gasteiger partial charge in [-0.15, -0.1) is 0 Å². The molecule has 25 heavy (non-hydrogen) atoms. The number of halogens is 2. The Kier molecular flexibility index (Phi) is 5.05. The molecule has 126 valence electrons. The summed E-state index contributed by atoms with van der Waals surface area (Å²) in [6.45, 7) is 1.79. The highest BCUT2D eigenvalue weighted by atomic mass is 35.5. The minimum absolute atomic E-state index is 0.0224. The van der Waals surface area contributed by atoms with Crippen molar-refractivity contribution in [2.24, 2.45) is 0 Å². The topological polar surface area (TPSA) is 54.9 Å². The summed E-state index contributed by atoms with van der Waals surface area (Å²) in [6.07, 6.45) is 2.96. The lowest BCUT2D eigenvalue weighted by atomic mass is 10.1. The summed E-state index contributed by atoms with van der Waals surface area (Å²) in [7, 11) is 0. The fourth-order valence-corrected chi connectivity index (χ4v) is 2.52. The molecule has 0 radical (unpaired) electrons. The standard InChI is InChI=1S/C19H15ClFN3O/c1-12(14-7-8-17(21)16(20)9-14)24-19(25)15-10-22-18(23-11-15)13-5-3-2-4-6-13/h2-12H,1H3,(H,24,25). The molecule has 3 rings (SSSR count). The first-order valence-electron chi connectivity index (χ1n) is 7.68. The van der Waals surface area contributed by atoms with Crippen molar-refractivity contribution in [2.75, 3.05) is 0 Å². The summed E-state index contributed by atoms with van der Waals surface area (Å²) in [6, 6.07) is 13.5. The van der Waals surface area contributed by atoms with E-state index in [-0.39, 0.29) is 17.0 Å². The number of hydrogen-bond donors (Lipinski definition) is 1. The van der Waals surface area contributed by atoms with Gasteiger partial charge < -0.3 is 5.32 Å². The summed E-state index contributed by atoms with van der Waals surface area (Å²) in [5.41, 5.74) is 1.94. The van der Waals surface area contributed by atoms with Crippen LogP contribution >= 0.6 is 11.6 Å². The van der Waals surface area contributed by atoms with Crippen LogP contribution in [0.15, 0.2) is 60.9 Å². The molecule has 0 aliphatic heterocycles. The number of hydrogen-bond acceptors (Lipinski definition) is 3. The van der Waals surface area contributed by atoms with Crippen LogP contribution in [0.5, 0.6) is 0 Å². The van der Waals surface area contributed by atoms with Crippen molar-refractivity contribution >= 4 is 17.5 Å². The van der Waals surface area contributed by atoms with E-state index in [1.54, 1.807) is 13.0 Å². The zero-order valence-electron chi connectivity index (χ0n) is 13.4. The van der Waals surface area contributed by atoms with Crippen molar-refractivity contribution in [2.45, 2.75) is 13.0 Å². The minimum atomic E-state index is -0.492. The predicted molar refractivity (Wildman–Crippen MR) is 94.8 cm³/mol.